The van der Waals surface area contributed by atoms with Crippen molar-refractivity contribution in [1.29, 1.82) is 0 Å². The number of hydrazone groups is 1. The van der Waals surface area contributed by atoms with Gasteiger partial charge in [0.15, 0.2) is 8.68 Å². The van der Waals surface area contributed by atoms with Crippen molar-refractivity contribution in [2.75, 3.05) is 24.7 Å². The number of carbonyl (C=O) groups is 1. The van der Waals surface area contributed by atoms with Crippen LogP contribution in [0.5, 0.6) is 0 Å². The predicted molar refractivity (Wildman–Crippen MR) is 141 cm³/mol. The van der Waals surface area contributed by atoms with Gasteiger partial charge in [-0.3, -0.25) is 4.79 Å². The number of hydrogen-bond donors (Lipinski definition) is 1. The minimum Gasteiger partial charge on any atom is -0.378 e. The summed E-state index contributed by atoms with van der Waals surface area (Å²) in [7, 11) is 3.98. The first-order valence-corrected chi connectivity index (χ1v) is 13.0. The van der Waals surface area contributed by atoms with E-state index >= 15 is 0 Å². The van der Waals surface area contributed by atoms with E-state index in [-0.39, 0.29) is 11.7 Å². The molecule has 168 valence electrons. The van der Waals surface area contributed by atoms with Gasteiger partial charge in [-0.05, 0) is 34.0 Å². The molecule has 0 saturated heterocycles. The maximum Gasteiger partial charge on any atom is 0.250 e. The molecule has 1 aromatic heterocycles. The van der Waals surface area contributed by atoms with Crippen LogP contribution in [-0.2, 0) is 10.5 Å². The van der Waals surface area contributed by atoms with E-state index in [1.165, 1.54) is 39.4 Å². The Balaban J connectivity index is 1.23. The Hall–Kier alpha value is -2.88. The lowest BCUT2D eigenvalue weighted by Crippen LogP contribution is -2.19. The highest BCUT2D eigenvalue weighted by Crippen LogP contribution is 2.32. The van der Waals surface area contributed by atoms with E-state index in [1.54, 1.807) is 18.0 Å². The quantitative estimate of drug-likeness (QED) is 0.194. The molecule has 0 atom stereocenters. The molecule has 1 amide bonds. The van der Waals surface area contributed by atoms with Crippen molar-refractivity contribution < 1.29 is 4.79 Å². The van der Waals surface area contributed by atoms with Crippen LogP contribution in [-0.4, -0.2) is 42.2 Å². The largest absolute Gasteiger partial charge is 0.378 e. The van der Waals surface area contributed by atoms with Crippen molar-refractivity contribution in [1.82, 2.24) is 15.6 Å². The van der Waals surface area contributed by atoms with Crippen LogP contribution in [0.1, 0.15) is 11.1 Å². The standard InChI is InChI=1S/C24H23N5OS3/c1-29(2)20-12-10-17(11-13-20)14-25-26-22(30)16-32-24-28-27-23(33-24)31-15-19-8-5-7-18-6-3-4-9-21(18)19/h3-14H,15-16H2,1-2H3,(H,26,30). The lowest BCUT2D eigenvalue weighted by molar-refractivity contribution is -0.118. The summed E-state index contributed by atoms with van der Waals surface area (Å²) in [5.41, 5.74) is 5.87. The maximum atomic E-state index is 12.1. The molecule has 0 spiro atoms. The molecule has 4 aromatic rings. The van der Waals surface area contributed by atoms with Gasteiger partial charge in [-0.15, -0.1) is 10.2 Å². The summed E-state index contributed by atoms with van der Waals surface area (Å²) in [6.45, 7) is 0. The molecule has 0 bridgehead atoms. The SMILES string of the molecule is CN(C)c1ccc(C=NNC(=O)CSc2nnc(SCc3cccc4ccccc34)s2)cc1. The Bertz CT molecular complexity index is 1250. The number of benzene rings is 3. The molecule has 0 radical (unpaired) electrons. The zero-order valence-electron chi connectivity index (χ0n) is 18.3. The van der Waals surface area contributed by atoms with Gasteiger partial charge in [0.25, 0.3) is 5.91 Å². The van der Waals surface area contributed by atoms with Gasteiger partial charge >= 0.3 is 0 Å². The number of anilines is 1. The van der Waals surface area contributed by atoms with Crippen LogP contribution < -0.4 is 10.3 Å². The van der Waals surface area contributed by atoms with Crippen LogP contribution in [0.2, 0.25) is 0 Å². The molecule has 0 saturated carbocycles. The molecule has 0 aliphatic heterocycles. The Morgan fingerprint density at radius 3 is 2.52 bits per heavy atom. The molecule has 3 aromatic carbocycles. The van der Waals surface area contributed by atoms with Gasteiger partial charge in [-0.2, -0.15) is 5.10 Å². The summed E-state index contributed by atoms with van der Waals surface area (Å²) < 4.78 is 1.67. The topological polar surface area (TPSA) is 70.5 Å². The van der Waals surface area contributed by atoms with E-state index in [0.29, 0.717) is 0 Å². The first-order valence-electron chi connectivity index (χ1n) is 10.2. The van der Waals surface area contributed by atoms with Crippen molar-refractivity contribution in [2.24, 2.45) is 5.10 Å². The maximum absolute atomic E-state index is 12.1. The summed E-state index contributed by atoms with van der Waals surface area (Å²) in [4.78, 5) is 14.1. The normalized spacial score (nSPS) is 11.2. The molecule has 0 fully saturated rings. The van der Waals surface area contributed by atoms with E-state index in [4.69, 9.17) is 0 Å². The average molecular weight is 494 g/mol. The third kappa shape index (κ3) is 6.56. The summed E-state index contributed by atoms with van der Waals surface area (Å²) in [6.07, 6.45) is 1.63. The minimum atomic E-state index is -0.179. The van der Waals surface area contributed by atoms with Crippen LogP contribution in [0, 0.1) is 0 Å². The van der Waals surface area contributed by atoms with E-state index < -0.39 is 0 Å². The third-order valence-electron chi connectivity index (χ3n) is 4.76. The average Bonchev–Trinajstić information content (AvgIpc) is 3.29. The van der Waals surface area contributed by atoms with Crippen LogP contribution in [0.4, 0.5) is 5.69 Å². The number of thioether (sulfide) groups is 2. The fourth-order valence-corrected chi connectivity index (χ4v) is 5.89. The van der Waals surface area contributed by atoms with Gasteiger partial charge in [0.05, 0.1) is 12.0 Å². The highest BCUT2D eigenvalue weighted by molar-refractivity contribution is 8.03. The van der Waals surface area contributed by atoms with E-state index in [9.17, 15) is 4.79 Å². The molecule has 1 heterocycles. The fraction of sp³-hybridized carbons (Fsp3) is 0.167. The second-order valence-electron chi connectivity index (χ2n) is 7.33. The molecule has 0 aliphatic rings. The van der Waals surface area contributed by atoms with Gasteiger partial charge in [0.1, 0.15) is 0 Å². The van der Waals surface area contributed by atoms with Crippen molar-refractivity contribution >= 4 is 63.4 Å². The van der Waals surface area contributed by atoms with Crippen molar-refractivity contribution in [3.63, 3.8) is 0 Å². The Morgan fingerprint density at radius 2 is 1.73 bits per heavy atom. The fourth-order valence-electron chi connectivity index (χ4n) is 3.07. The van der Waals surface area contributed by atoms with E-state index in [1.807, 2.05) is 43.3 Å². The molecular weight excluding hydrogens is 470 g/mol. The summed E-state index contributed by atoms with van der Waals surface area (Å²) in [5, 5.41) is 15.0. The molecule has 33 heavy (non-hydrogen) atoms. The zero-order valence-corrected chi connectivity index (χ0v) is 20.7. The molecular formula is C24H23N5OS3. The molecule has 4 rings (SSSR count). The lowest BCUT2D eigenvalue weighted by Gasteiger charge is -2.11. The molecule has 1 N–H and O–H groups in total. The predicted octanol–water partition coefficient (Wildman–Crippen LogP) is 5.29. The molecule has 0 unspecified atom stereocenters. The Kier molecular flexibility index (Phi) is 7.98. The minimum absolute atomic E-state index is 0.179. The highest BCUT2D eigenvalue weighted by atomic mass is 32.2. The third-order valence-corrected chi connectivity index (χ3v) is 8.00. The van der Waals surface area contributed by atoms with Crippen LogP contribution in [0.25, 0.3) is 10.8 Å². The van der Waals surface area contributed by atoms with Gasteiger partial charge in [-0.1, -0.05) is 89.5 Å². The van der Waals surface area contributed by atoms with Crippen LogP contribution in [0.15, 0.2) is 80.5 Å². The van der Waals surface area contributed by atoms with Gasteiger partial charge in [0, 0.05) is 25.5 Å². The van der Waals surface area contributed by atoms with Crippen molar-refractivity contribution in [3.8, 4) is 0 Å². The first-order chi connectivity index (χ1) is 16.1. The molecule has 0 aliphatic carbocycles. The Morgan fingerprint density at radius 1 is 1.00 bits per heavy atom. The summed E-state index contributed by atoms with van der Waals surface area (Å²) in [5.74, 6) is 0.881. The summed E-state index contributed by atoms with van der Waals surface area (Å²) >= 11 is 4.53. The first kappa shape index (κ1) is 23.3. The number of carbonyl (C=O) groups excluding carboxylic acids is 1. The van der Waals surface area contributed by atoms with Gasteiger partial charge in [-0.25, -0.2) is 5.43 Å². The number of nitrogens with zero attached hydrogens (tertiary/aromatic N) is 4. The number of aromatic nitrogens is 2. The Labute approximate surface area is 205 Å². The zero-order chi connectivity index (χ0) is 23.0. The van der Waals surface area contributed by atoms with E-state index in [2.05, 4.69) is 63.2 Å². The van der Waals surface area contributed by atoms with Gasteiger partial charge in [0.2, 0.25) is 0 Å². The highest BCUT2D eigenvalue weighted by Gasteiger charge is 2.09. The number of fused-ring (bicyclic) bond motifs is 1. The smallest absolute Gasteiger partial charge is 0.250 e. The second kappa shape index (κ2) is 11.3. The second-order valence-corrected chi connectivity index (χ2v) is 10.8. The monoisotopic (exact) mass is 493 g/mol. The van der Waals surface area contributed by atoms with Crippen LogP contribution in [0.3, 0.4) is 0 Å². The lowest BCUT2D eigenvalue weighted by atomic mass is 10.1. The van der Waals surface area contributed by atoms with Crippen molar-refractivity contribution in [3.05, 3.63) is 77.9 Å². The number of rotatable bonds is 9. The van der Waals surface area contributed by atoms with Gasteiger partial charge < -0.3 is 4.90 Å². The number of amides is 1. The number of hydrogen-bond acceptors (Lipinski definition) is 8. The number of nitrogens with one attached hydrogen (secondary N) is 1. The molecule has 9 heteroatoms. The summed E-state index contributed by atoms with van der Waals surface area (Å²) in [6, 6.07) is 22.7. The van der Waals surface area contributed by atoms with Crippen LogP contribution >= 0.6 is 34.9 Å². The van der Waals surface area contributed by atoms with E-state index in [0.717, 1.165) is 25.7 Å². The molecule has 6 nitrogen and oxygen atoms in total. The van der Waals surface area contributed by atoms with Crippen molar-refractivity contribution in [2.45, 2.75) is 14.4 Å².